The van der Waals surface area contributed by atoms with Gasteiger partial charge in [-0.05, 0) is 48.9 Å². The fraction of sp³-hybridized carbons (Fsp3) is 1.00. The van der Waals surface area contributed by atoms with Crippen molar-refractivity contribution in [2.75, 3.05) is 0 Å². The van der Waals surface area contributed by atoms with E-state index in [0.717, 1.165) is 29.6 Å². The van der Waals surface area contributed by atoms with Crippen LogP contribution < -0.4 is 0 Å². The van der Waals surface area contributed by atoms with E-state index in [1.165, 1.54) is 25.7 Å². The van der Waals surface area contributed by atoms with Crippen molar-refractivity contribution < 1.29 is 0 Å². The topological polar surface area (TPSA) is 0 Å². The van der Waals surface area contributed by atoms with Crippen molar-refractivity contribution in [3.8, 4) is 0 Å². The molecule has 0 bridgehead atoms. The van der Waals surface area contributed by atoms with Crippen LogP contribution in [0.25, 0.3) is 0 Å². The summed E-state index contributed by atoms with van der Waals surface area (Å²) in [5, 5.41) is 0. The fourth-order valence-corrected chi connectivity index (χ4v) is 3.00. The van der Waals surface area contributed by atoms with Crippen LogP contribution in [-0.2, 0) is 0 Å². The van der Waals surface area contributed by atoms with Crippen LogP contribution in [0.2, 0.25) is 0 Å². The highest BCUT2D eigenvalue weighted by atomic mass is 14.5. The van der Waals surface area contributed by atoms with Gasteiger partial charge >= 0.3 is 0 Å². The lowest BCUT2D eigenvalue weighted by Gasteiger charge is -1.96. The Bertz CT molecular complexity index is 161. The molecule has 0 saturated heterocycles. The Kier molecular flexibility index (Phi) is 2.18. The highest BCUT2D eigenvalue weighted by Gasteiger charge is 2.45. The zero-order chi connectivity index (χ0) is 8.72. The summed E-state index contributed by atoms with van der Waals surface area (Å²) in [5.74, 6) is 5.46. The van der Waals surface area contributed by atoms with Gasteiger partial charge in [-0.3, -0.25) is 0 Å². The summed E-state index contributed by atoms with van der Waals surface area (Å²) in [5.41, 5.74) is 0. The maximum absolute atomic E-state index is 2.44. The van der Waals surface area contributed by atoms with E-state index in [1.54, 1.807) is 0 Å². The molecule has 0 heterocycles. The molecule has 5 unspecified atom stereocenters. The molecule has 2 fully saturated rings. The van der Waals surface area contributed by atoms with Gasteiger partial charge in [0.1, 0.15) is 0 Å². The highest BCUT2D eigenvalue weighted by molar-refractivity contribution is 4.94. The molecule has 70 valence electrons. The lowest BCUT2D eigenvalue weighted by Crippen LogP contribution is -1.85. The molecule has 0 aromatic heterocycles. The van der Waals surface area contributed by atoms with Crippen LogP contribution in [0.1, 0.15) is 46.5 Å². The second-order valence-electron chi connectivity index (χ2n) is 5.15. The van der Waals surface area contributed by atoms with Crippen LogP contribution in [0, 0.1) is 29.6 Å². The van der Waals surface area contributed by atoms with Crippen LogP contribution in [0.3, 0.4) is 0 Å². The van der Waals surface area contributed by atoms with E-state index in [4.69, 9.17) is 0 Å². The lowest BCUT2D eigenvalue weighted by atomic mass is 10.1. The highest BCUT2D eigenvalue weighted by Crippen LogP contribution is 2.53. The minimum Gasteiger partial charge on any atom is -0.0651 e. The van der Waals surface area contributed by atoms with Crippen molar-refractivity contribution in [2.45, 2.75) is 46.5 Å². The van der Waals surface area contributed by atoms with Gasteiger partial charge in [-0.2, -0.15) is 0 Å². The minimum absolute atomic E-state index is 1.06. The summed E-state index contributed by atoms with van der Waals surface area (Å²) < 4.78 is 0. The molecular weight excluding hydrogens is 144 g/mol. The normalized spacial score (nSPS) is 50.8. The Morgan fingerprint density at radius 1 is 1.08 bits per heavy atom. The maximum atomic E-state index is 2.44. The Balaban J connectivity index is 1.62. The summed E-state index contributed by atoms with van der Waals surface area (Å²) in [6.07, 6.45) is 6.02. The fourth-order valence-electron chi connectivity index (χ4n) is 3.00. The average Bonchev–Trinajstić information content (AvgIpc) is 2.88. The number of hydrogen-bond donors (Lipinski definition) is 0. The second kappa shape index (κ2) is 3.05. The first kappa shape index (κ1) is 8.59. The summed E-state index contributed by atoms with van der Waals surface area (Å²) in [4.78, 5) is 0. The molecule has 2 rings (SSSR count). The smallest absolute Gasteiger partial charge is 0.0355 e. The molecular formula is C12H22. The molecule has 2 saturated carbocycles. The van der Waals surface area contributed by atoms with Crippen LogP contribution in [0.5, 0.6) is 0 Å². The van der Waals surface area contributed by atoms with Gasteiger partial charge in [-0.25, -0.2) is 0 Å². The van der Waals surface area contributed by atoms with E-state index in [9.17, 15) is 0 Å². The van der Waals surface area contributed by atoms with Gasteiger partial charge in [-0.1, -0.05) is 27.2 Å². The van der Waals surface area contributed by atoms with Gasteiger partial charge in [0.05, 0.1) is 0 Å². The van der Waals surface area contributed by atoms with Gasteiger partial charge in [0, 0.05) is 0 Å². The van der Waals surface area contributed by atoms with Crippen molar-refractivity contribution in [3.63, 3.8) is 0 Å². The first-order valence-electron chi connectivity index (χ1n) is 5.74. The van der Waals surface area contributed by atoms with E-state index in [-0.39, 0.29) is 0 Å². The summed E-state index contributed by atoms with van der Waals surface area (Å²) in [6.45, 7) is 7.19. The van der Waals surface area contributed by atoms with Gasteiger partial charge in [0.15, 0.2) is 0 Å². The third kappa shape index (κ3) is 1.53. The predicted octanol–water partition coefficient (Wildman–Crippen LogP) is 3.71. The van der Waals surface area contributed by atoms with Crippen molar-refractivity contribution in [2.24, 2.45) is 29.6 Å². The molecule has 0 radical (unpaired) electrons. The van der Waals surface area contributed by atoms with Crippen molar-refractivity contribution in [1.29, 1.82) is 0 Å². The lowest BCUT2D eigenvalue weighted by molar-refractivity contribution is 0.548. The van der Waals surface area contributed by atoms with Crippen molar-refractivity contribution in [1.82, 2.24) is 0 Å². The van der Waals surface area contributed by atoms with Gasteiger partial charge < -0.3 is 0 Å². The largest absolute Gasteiger partial charge is 0.0651 e. The van der Waals surface area contributed by atoms with Crippen LogP contribution >= 0.6 is 0 Å². The zero-order valence-electron chi connectivity index (χ0n) is 8.72. The van der Waals surface area contributed by atoms with Crippen LogP contribution in [0.4, 0.5) is 0 Å². The maximum Gasteiger partial charge on any atom is -0.0355 e. The molecule has 2 aliphatic carbocycles. The third-order valence-electron chi connectivity index (χ3n) is 4.38. The van der Waals surface area contributed by atoms with Gasteiger partial charge in [-0.15, -0.1) is 0 Å². The standard InChI is InChI=1S/C12H22/c1-4-11-9(3)12(11)6-5-10-7-8(10)2/h8-12H,4-7H2,1-3H3. The molecule has 0 aromatic carbocycles. The van der Waals surface area contributed by atoms with E-state index in [2.05, 4.69) is 20.8 Å². The molecule has 12 heavy (non-hydrogen) atoms. The summed E-state index contributed by atoms with van der Waals surface area (Å²) >= 11 is 0. The molecule has 0 N–H and O–H groups in total. The zero-order valence-corrected chi connectivity index (χ0v) is 8.72. The SMILES string of the molecule is CCC1C(C)C1CCC1CC1C. The van der Waals surface area contributed by atoms with Crippen LogP contribution in [0.15, 0.2) is 0 Å². The first-order valence-corrected chi connectivity index (χ1v) is 5.74. The Morgan fingerprint density at radius 2 is 1.75 bits per heavy atom. The quantitative estimate of drug-likeness (QED) is 0.597. The Labute approximate surface area is 76.7 Å². The number of hydrogen-bond acceptors (Lipinski definition) is 0. The average molecular weight is 166 g/mol. The van der Waals surface area contributed by atoms with Crippen molar-refractivity contribution >= 4 is 0 Å². The summed E-state index contributed by atoms with van der Waals surface area (Å²) in [6, 6.07) is 0. The number of rotatable bonds is 4. The molecule has 0 nitrogen and oxygen atoms in total. The van der Waals surface area contributed by atoms with E-state index >= 15 is 0 Å². The minimum atomic E-state index is 1.06. The molecule has 0 spiro atoms. The van der Waals surface area contributed by atoms with E-state index < -0.39 is 0 Å². The van der Waals surface area contributed by atoms with E-state index in [0.29, 0.717) is 0 Å². The molecule has 5 atom stereocenters. The predicted molar refractivity (Wildman–Crippen MR) is 52.9 cm³/mol. The van der Waals surface area contributed by atoms with Crippen LogP contribution in [-0.4, -0.2) is 0 Å². The first-order chi connectivity index (χ1) is 5.74. The second-order valence-corrected chi connectivity index (χ2v) is 5.15. The molecule has 0 aromatic rings. The summed E-state index contributed by atoms with van der Waals surface area (Å²) in [7, 11) is 0. The van der Waals surface area contributed by atoms with Gasteiger partial charge in [0.25, 0.3) is 0 Å². The Morgan fingerprint density at radius 3 is 2.17 bits per heavy atom. The molecule has 0 amide bonds. The Hall–Kier alpha value is 0. The monoisotopic (exact) mass is 166 g/mol. The van der Waals surface area contributed by atoms with Crippen molar-refractivity contribution in [3.05, 3.63) is 0 Å². The van der Waals surface area contributed by atoms with E-state index in [1.807, 2.05) is 0 Å². The third-order valence-corrected chi connectivity index (χ3v) is 4.38. The molecule has 2 aliphatic rings. The molecule has 0 heteroatoms. The molecule has 0 aliphatic heterocycles. The van der Waals surface area contributed by atoms with Gasteiger partial charge in [0.2, 0.25) is 0 Å².